The molecule has 0 aliphatic heterocycles. The lowest BCUT2D eigenvalue weighted by Gasteiger charge is -1.97. The smallest absolute Gasteiger partial charge is 0.313 e. The van der Waals surface area contributed by atoms with Crippen LogP contribution in [0.1, 0.15) is 11.5 Å². The monoisotopic (exact) mass is 309 g/mol. The maximum Gasteiger partial charge on any atom is 0.313 e. The highest BCUT2D eigenvalue weighted by Gasteiger charge is 2.12. The molecule has 106 valence electrons. The van der Waals surface area contributed by atoms with Crippen LogP contribution in [0.2, 0.25) is 0 Å². The Kier molecular flexibility index (Phi) is 5.14. The second-order valence-corrected chi connectivity index (χ2v) is 6.00. The third-order valence-electron chi connectivity index (χ3n) is 2.69. The fourth-order valence-corrected chi connectivity index (χ4v) is 2.80. The number of aryl methyl sites for hydroxylation is 1. The number of carboxylic acids is 1. The molecule has 0 fully saturated rings. The maximum atomic E-state index is 10.5. The number of hydrogen-bond donors (Lipinski definition) is 1. The van der Waals surface area contributed by atoms with E-state index in [1.807, 2.05) is 37.4 Å². The van der Waals surface area contributed by atoms with Crippen LogP contribution in [0.15, 0.2) is 33.6 Å². The zero-order valence-corrected chi connectivity index (χ0v) is 12.9. The molecule has 0 atom stereocenters. The molecule has 0 saturated heterocycles. The van der Waals surface area contributed by atoms with Crippen molar-refractivity contribution in [1.82, 2.24) is 4.98 Å². The number of thioether (sulfide) groups is 2. The van der Waals surface area contributed by atoms with Crippen LogP contribution < -0.4 is 0 Å². The zero-order chi connectivity index (χ0) is 14.5. The van der Waals surface area contributed by atoms with E-state index in [2.05, 4.69) is 4.98 Å². The first-order valence-corrected chi connectivity index (χ1v) is 8.38. The van der Waals surface area contributed by atoms with E-state index in [9.17, 15) is 4.79 Å². The molecule has 0 unspecified atom stereocenters. The van der Waals surface area contributed by atoms with Crippen molar-refractivity contribution in [2.75, 3.05) is 12.0 Å². The minimum atomic E-state index is -0.816. The lowest BCUT2D eigenvalue weighted by Crippen LogP contribution is -1.98. The van der Waals surface area contributed by atoms with Gasteiger partial charge in [0.25, 0.3) is 0 Å². The number of carboxylic acid groups (broad SMARTS) is 1. The summed E-state index contributed by atoms with van der Waals surface area (Å²) in [6, 6.07) is 8.01. The number of hydrogen-bond acceptors (Lipinski definition) is 5. The summed E-state index contributed by atoms with van der Waals surface area (Å²) in [7, 11) is 0. The van der Waals surface area contributed by atoms with Crippen LogP contribution >= 0.6 is 23.5 Å². The van der Waals surface area contributed by atoms with Crippen LogP contribution in [0, 0.1) is 6.92 Å². The largest absolute Gasteiger partial charge is 0.481 e. The second kappa shape index (κ2) is 6.85. The van der Waals surface area contributed by atoms with E-state index in [1.54, 1.807) is 11.8 Å². The topological polar surface area (TPSA) is 63.3 Å². The molecule has 0 spiro atoms. The summed E-state index contributed by atoms with van der Waals surface area (Å²) >= 11 is 3.00. The lowest BCUT2D eigenvalue weighted by atomic mass is 10.2. The van der Waals surface area contributed by atoms with Crippen LogP contribution in [-0.4, -0.2) is 28.1 Å². The summed E-state index contributed by atoms with van der Waals surface area (Å²) < 4.78 is 5.65. The predicted octanol–water partition coefficient (Wildman–Crippen LogP) is 3.69. The van der Waals surface area contributed by atoms with Crippen molar-refractivity contribution in [2.45, 2.75) is 17.6 Å². The van der Waals surface area contributed by atoms with Crippen molar-refractivity contribution in [3.63, 3.8) is 0 Å². The van der Waals surface area contributed by atoms with Gasteiger partial charge in [0, 0.05) is 16.2 Å². The summed E-state index contributed by atoms with van der Waals surface area (Å²) in [6.45, 7) is 1.85. The van der Waals surface area contributed by atoms with E-state index >= 15 is 0 Å². The van der Waals surface area contributed by atoms with Crippen molar-refractivity contribution < 1.29 is 14.3 Å². The Labute approximate surface area is 126 Å². The summed E-state index contributed by atoms with van der Waals surface area (Å²) in [5.41, 5.74) is 1.74. The molecule has 2 aromatic rings. The molecule has 1 aromatic carbocycles. The van der Waals surface area contributed by atoms with E-state index in [4.69, 9.17) is 9.52 Å². The van der Waals surface area contributed by atoms with E-state index in [0.717, 1.165) is 17.0 Å². The van der Waals surface area contributed by atoms with Crippen LogP contribution in [0.5, 0.6) is 0 Å². The number of aromatic nitrogens is 1. The molecule has 4 nitrogen and oxygen atoms in total. The number of carbonyl (C=O) groups is 1. The fourth-order valence-electron chi connectivity index (χ4n) is 1.65. The van der Waals surface area contributed by atoms with Crippen molar-refractivity contribution in [3.05, 3.63) is 35.7 Å². The van der Waals surface area contributed by atoms with E-state index in [-0.39, 0.29) is 5.75 Å². The van der Waals surface area contributed by atoms with E-state index < -0.39 is 5.97 Å². The van der Waals surface area contributed by atoms with Gasteiger partial charge in [-0.1, -0.05) is 0 Å². The number of aliphatic carboxylic acids is 1. The predicted molar refractivity (Wildman–Crippen MR) is 82.3 cm³/mol. The van der Waals surface area contributed by atoms with Gasteiger partial charge in [0.1, 0.15) is 5.76 Å². The van der Waals surface area contributed by atoms with Gasteiger partial charge in [0.2, 0.25) is 5.89 Å². The fraction of sp³-hybridized carbons (Fsp3) is 0.286. The molecule has 0 bridgehead atoms. The van der Waals surface area contributed by atoms with Crippen molar-refractivity contribution in [3.8, 4) is 11.5 Å². The maximum absolute atomic E-state index is 10.5. The Balaban J connectivity index is 2.11. The third-order valence-corrected chi connectivity index (χ3v) is 4.37. The van der Waals surface area contributed by atoms with Gasteiger partial charge in [-0.05, 0) is 37.4 Å². The molecule has 0 aliphatic rings. The molecular weight excluding hydrogens is 294 g/mol. The molecule has 1 N–H and O–H groups in total. The average molecular weight is 309 g/mol. The molecule has 20 heavy (non-hydrogen) atoms. The minimum Gasteiger partial charge on any atom is -0.481 e. The Bertz CT molecular complexity index is 593. The number of rotatable bonds is 6. The van der Waals surface area contributed by atoms with Crippen molar-refractivity contribution >= 4 is 29.5 Å². The Morgan fingerprint density at radius 3 is 2.65 bits per heavy atom. The van der Waals surface area contributed by atoms with Crippen LogP contribution in [0.25, 0.3) is 11.5 Å². The SMILES string of the molecule is CSc1ccc(-c2nc(CSCC(=O)O)c(C)o2)cc1. The molecule has 0 aliphatic carbocycles. The van der Waals surface area contributed by atoms with Crippen LogP contribution in [0.4, 0.5) is 0 Å². The first kappa shape index (κ1) is 15.0. The van der Waals surface area contributed by atoms with Crippen molar-refractivity contribution in [1.29, 1.82) is 0 Å². The normalized spacial score (nSPS) is 10.7. The van der Waals surface area contributed by atoms with E-state index in [0.29, 0.717) is 11.6 Å². The van der Waals surface area contributed by atoms with Gasteiger partial charge in [0.15, 0.2) is 0 Å². The molecule has 1 heterocycles. The van der Waals surface area contributed by atoms with Gasteiger partial charge in [-0.3, -0.25) is 4.79 Å². The molecule has 0 saturated carbocycles. The average Bonchev–Trinajstić information content (AvgIpc) is 2.80. The molecular formula is C14H15NO3S2. The standard InChI is InChI=1S/C14H15NO3S2/c1-9-12(7-20-8-13(16)17)15-14(18-9)10-3-5-11(19-2)6-4-10/h3-6H,7-8H2,1-2H3,(H,16,17). The summed E-state index contributed by atoms with van der Waals surface area (Å²) in [6.07, 6.45) is 2.03. The molecule has 6 heteroatoms. The van der Waals surface area contributed by atoms with Gasteiger partial charge in [-0.15, -0.1) is 23.5 Å². The van der Waals surface area contributed by atoms with Gasteiger partial charge >= 0.3 is 5.97 Å². The minimum absolute atomic E-state index is 0.0735. The van der Waals surface area contributed by atoms with Crippen LogP contribution in [0.3, 0.4) is 0 Å². The quantitative estimate of drug-likeness (QED) is 0.821. The van der Waals surface area contributed by atoms with Crippen LogP contribution in [-0.2, 0) is 10.5 Å². The number of oxazole rings is 1. The molecule has 0 amide bonds. The summed E-state index contributed by atoms with van der Waals surface area (Å²) in [5, 5.41) is 8.63. The molecule has 1 aromatic heterocycles. The molecule has 2 rings (SSSR count). The van der Waals surface area contributed by atoms with Crippen molar-refractivity contribution in [2.24, 2.45) is 0 Å². The van der Waals surface area contributed by atoms with Gasteiger partial charge in [-0.2, -0.15) is 0 Å². The second-order valence-electron chi connectivity index (χ2n) is 4.14. The highest BCUT2D eigenvalue weighted by molar-refractivity contribution is 7.99. The van der Waals surface area contributed by atoms with E-state index in [1.165, 1.54) is 16.7 Å². The first-order valence-electron chi connectivity index (χ1n) is 6.00. The number of nitrogens with zero attached hydrogens (tertiary/aromatic N) is 1. The number of benzene rings is 1. The molecule has 0 radical (unpaired) electrons. The highest BCUT2D eigenvalue weighted by atomic mass is 32.2. The first-order chi connectivity index (χ1) is 9.60. The van der Waals surface area contributed by atoms with Gasteiger partial charge in [0.05, 0.1) is 11.4 Å². The Morgan fingerprint density at radius 2 is 2.05 bits per heavy atom. The Morgan fingerprint density at radius 1 is 1.35 bits per heavy atom. The third kappa shape index (κ3) is 3.80. The highest BCUT2D eigenvalue weighted by Crippen LogP contribution is 2.26. The zero-order valence-electron chi connectivity index (χ0n) is 11.3. The summed E-state index contributed by atoms with van der Waals surface area (Å²) in [4.78, 5) is 16.1. The lowest BCUT2D eigenvalue weighted by molar-refractivity contribution is -0.133. The van der Waals surface area contributed by atoms with Gasteiger partial charge < -0.3 is 9.52 Å². The van der Waals surface area contributed by atoms with Gasteiger partial charge in [-0.25, -0.2) is 4.98 Å². The Hall–Kier alpha value is -1.40. The summed E-state index contributed by atoms with van der Waals surface area (Å²) in [5.74, 6) is 1.13.